The standard InChI is InChI=1S/C10H20O3S/c1-2-3-4-5-6-7-8-9-10-14(11,12)13/h8-9H,2-7,10H2,1H3,(H,11,12,13). The Morgan fingerprint density at radius 1 is 1.07 bits per heavy atom. The molecular weight excluding hydrogens is 200 g/mol. The first-order valence-corrected chi connectivity index (χ1v) is 6.77. The first kappa shape index (κ1) is 13.7. The van der Waals surface area contributed by atoms with Crippen molar-refractivity contribution in [3.8, 4) is 0 Å². The number of hydrogen-bond donors (Lipinski definition) is 1. The summed E-state index contributed by atoms with van der Waals surface area (Å²) in [5, 5.41) is 0. The average molecular weight is 220 g/mol. The van der Waals surface area contributed by atoms with Crippen molar-refractivity contribution in [2.45, 2.75) is 45.4 Å². The van der Waals surface area contributed by atoms with Gasteiger partial charge in [-0.1, -0.05) is 44.8 Å². The van der Waals surface area contributed by atoms with Crippen LogP contribution in [0.2, 0.25) is 0 Å². The number of allylic oxidation sites excluding steroid dienone is 1. The third-order valence-electron chi connectivity index (χ3n) is 1.95. The van der Waals surface area contributed by atoms with Gasteiger partial charge in [-0.05, 0) is 12.8 Å². The lowest BCUT2D eigenvalue weighted by molar-refractivity contribution is 0.486. The fraction of sp³-hybridized carbons (Fsp3) is 0.800. The molecule has 0 atom stereocenters. The minimum absolute atomic E-state index is 0.262. The summed E-state index contributed by atoms with van der Waals surface area (Å²) < 4.78 is 29.0. The largest absolute Gasteiger partial charge is 0.285 e. The van der Waals surface area contributed by atoms with Crippen LogP contribution in [-0.2, 0) is 10.1 Å². The molecule has 0 aromatic rings. The van der Waals surface area contributed by atoms with Crippen LogP contribution in [-0.4, -0.2) is 18.7 Å². The Morgan fingerprint density at radius 3 is 2.29 bits per heavy atom. The van der Waals surface area contributed by atoms with Crippen LogP contribution < -0.4 is 0 Å². The van der Waals surface area contributed by atoms with Crippen molar-refractivity contribution >= 4 is 10.1 Å². The second-order valence-electron chi connectivity index (χ2n) is 3.42. The molecule has 0 aromatic carbocycles. The van der Waals surface area contributed by atoms with Crippen LogP contribution >= 0.6 is 0 Å². The Kier molecular flexibility index (Phi) is 7.80. The summed E-state index contributed by atoms with van der Waals surface area (Å²) in [7, 11) is -3.81. The first-order valence-electron chi connectivity index (χ1n) is 5.16. The van der Waals surface area contributed by atoms with E-state index in [4.69, 9.17) is 4.55 Å². The van der Waals surface area contributed by atoms with Crippen molar-refractivity contribution in [3.63, 3.8) is 0 Å². The van der Waals surface area contributed by atoms with Gasteiger partial charge in [-0.3, -0.25) is 4.55 Å². The molecule has 4 heteroatoms. The summed E-state index contributed by atoms with van der Waals surface area (Å²) >= 11 is 0. The number of rotatable bonds is 8. The summed E-state index contributed by atoms with van der Waals surface area (Å²) in [6.07, 6.45) is 10.3. The van der Waals surface area contributed by atoms with Gasteiger partial charge in [0.15, 0.2) is 0 Å². The second-order valence-corrected chi connectivity index (χ2v) is 4.92. The lowest BCUT2D eigenvalue weighted by Crippen LogP contribution is -1.99. The van der Waals surface area contributed by atoms with Crippen molar-refractivity contribution in [2.24, 2.45) is 0 Å². The molecule has 0 heterocycles. The van der Waals surface area contributed by atoms with Crippen molar-refractivity contribution < 1.29 is 13.0 Å². The van der Waals surface area contributed by atoms with E-state index in [0.29, 0.717) is 0 Å². The smallest absolute Gasteiger partial charge is 0.268 e. The van der Waals surface area contributed by atoms with Gasteiger partial charge in [0.05, 0.1) is 5.75 Å². The van der Waals surface area contributed by atoms with Gasteiger partial charge in [0.25, 0.3) is 10.1 Å². The zero-order valence-corrected chi connectivity index (χ0v) is 9.59. The molecule has 0 aromatic heterocycles. The normalized spacial score (nSPS) is 12.4. The molecule has 0 unspecified atom stereocenters. The zero-order valence-electron chi connectivity index (χ0n) is 8.78. The van der Waals surface area contributed by atoms with Crippen LogP contribution in [0.1, 0.15) is 45.4 Å². The molecule has 0 radical (unpaired) electrons. The van der Waals surface area contributed by atoms with E-state index in [2.05, 4.69) is 6.92 Å². The molecule has 0 aliphatic heterocycles. The maximum absolute atomic E-state index is 10.3. The summed E-state index contributed by atoms with van der Waals surface area (Å²) in [4.78, 5) is 0. The molecule has 14 heavy (non-hydrogen) atoms. The molecule has 1 N–H and O–H groups in total. The first-order chi connectivity index (χ1) is 6.56. The van der Waals surface area contributed by atoms with E-state index in [0.717, 1.165) is 12.8 Å². The predicted molar refractivity (Wildman–Crippen MR) is 58.9 cm³/mol. The Labute approximate surface area is 87.0 Å². The molecule has 84 valence electrons. The molecule has 0 aliphatic rings. The highest BCUT2D eigenvalue weighted by Gasteiger charge is 1.97. The van der Waals surface area contributed by atoms with E-state index in [1.54, 1.807) is 0 Å². The van der Waals surface area contributed by atoms with Crippen molar-refractivity contribution in [1.29, 1.82) is 0 Å². The van der Waals surface area contributed by atoms with Crippen molar-refractivity contribution in [1.82, 2.24) is 0 Å². The highest BCUT2D eigenvalue weighted by Crippen LogP contribution is 2.05. The molecule has 0 bridgehead atoms. The lowest BCUT2D eigenvalue weighted by atomic mass is 10.1. The van der Waals surface area contributed by atoms with E-state index in [-0.39, 0.29) is 5.75 Å². The van der Waals surface area contributed by atoms with Crippen LogP contribution in [0.3, 0.4) is 0 Å². The highest BCUT2D eigenvalue weighted by atomic mass is 32.2. The van der Waals surface area contributed by atoms with Gasteiger partial charge >= 0.3 is 0 Å². The summed E-state index contributed by atoms with van der Waals surface area (Å²) in [6.45, 7) is 2.17. The summed E-state index contributed by atoms with van der Waals surface area (Å²) in [5.41, 5.74) is 0. The monoisotopic (exact) mass is 220 g/mol. The Morgan fingerprint density at radius 2 is 1.71 bits per heavy atom. The molecule has 0 saturated carbocycles. The Balaban J connectivity index is 3.28. The molecule has 0 fully saturated rings. The van der Waals surface area contributed by atoms with Gasteiger partial charge < -0.3 is 0 Å². The maximum Gasteiger partial charge on any atom is 0.268 e. The van der Waals surface area contributed by atoms with E-state index in [9.17, 15) is 8.42 Å². The van der Waals surface area contributed by atoms with Gasteiger partial charge in [-0.25, -0.2) is 0 Å². The minimum Gasteiger partial charge on any atom is -0.285 e. The average Bonchev–Trinajstić information content (AvgIpc) is 2.08. The molecule has 0 saturated heterocycles. The van der Waals surface area contributed by atoms with E-state index in [1.807, 2.05) is 6.08 Å². The van der Waals surface area contributed by atoms with E-state index >= 15 is 0 Å². The quantitative estimate of drug-likeness (QED) is 0.389. The molecule has 0 spiro atoms. The second kappa shape index (κ2) is 8.00. The van der Waals surface area contributed by atoms with Gasteiger partial charge in [-0.15, -0.1) is 0 Å². The molecule has 0 rings (SSSR count). The van der Waals surface area contributed by atoms with Crippen LogP contribution in [0.25, 0.3) is 0 Å². The molecular formula is C10H20O3S. The van der Waals surface area contributed by atoms with E-state index < -0.39 is 10.1 Å². The highest BCUT2D eigenvalue weighted by molar-refractivity contribution is 7.85. The third kappa shape index (κ3) is 11.6. The Hall–Kier alpha value is -0.350. The maximum atomic E-state index is 10.3. The topological polar surface area (TPSA) is 54.4 Å². The third-order valence-corrected chi connectivity index (χ3v) is 2.56. The lowest BCUT2D eigenvalue weighted by Gasteiger charge is -1.95. The van der Waals surface area contributed by atoms with Crippen molar-refractivity contribution in [2.75, 3.05) is 5.75 Å². The van der Waals surface area contributed by atoms with Crippen molar-refractivity contribution in [3.05, 3.63) is 12.2 Å². The van der Waals surface area contributed by atoms with Crippen LogP contribution in [0, 0.1) is 0 Å². The van der Waals surface area contributed by atoms with Gasteiger partial charge in [-0.2, -0.15) is 8.42 Å². The van der Waals surface area contributed by atoms with Crippen LogP contribution in [0.5, 0.6) is 0 Å². The van der Waals surface area contributed by atoms with E-state index in [1.165, 1.54) is 31.8 Å². The number of hydrogen-bond acceptors (Lipinski definition) is 2. The fourth-order valence-electron chi connectivity index (χ4n) is 1.17. The SMILES string of the molecule is CCCCCCCC=CCS(=O)(=O)O. The number of unbranched alkanes of at least 4 members (excludes halogenated alkanes) is 5. The van der Waals surface area contributed by atoms with Crippen LogP contribution in [0.4, 0.5) is 0 Å². The summed E-state index contributed by atoms with van der Waals surface area (Å²) in [6, 6.07) is 0. The summed E-state index contributed by atoms with van der Waals surface area (Å²) in [5.74, 6) is -0.262. The molecule has 3 nitrogen and oxygen atoms in total. The Bertz CT molecular complexity index is 242. The minimum atomic E-state index is -3.81. The zero-order chi connectivity index (χ0) is 10.9. The molecule has 0 aliphatic carbocycles. The predicted octanol–water partition coefficient (Wildman–Crippen LogP) is 2.79. The van der Waals surface area contributed by atoms with Crippen LogP contribution in [0.15, 0.2) is 12.2 Å². The molecule has 0 amide bonds. The van der Waals surface area contributed by atoms with Gasteiger partial charge in [0, 0.05) is 0 Å². The fourth-order valence-corrected chi connectivity index (χ4v) is 1.55. The van der Waals surface area contributed by atoms with Gasteiger partial charge in [0.1, 0.15) is 0 Å². The van der Waals surface area contributed by atoms with Gasteiger partial charge in [0.2, 0.25) is 0 Å².